The molecule has 0 saturated carbocycles. The number of carbonyl (C=O) groups excluding carboxylic acids is 2. The van der Waals surface area contributed by atoms with Crippen molar-refractivity contribution < 1.29 is 19.5 Å². The summed E-state index contributed by atoms with van der Waals surface area (Å²) in [6, 6.07) is 9.40. The second-order valence-electron chi connectivity index (χ2n) is 6.10. The van der Waals surface area contributed by atoms with Crippen LogP contribution in [0.1, 0.15) is 38.7 Å². The van der Waals surface area contributed by atoms with Crippen LogP contribution in [0.15, 0.2) is 30.3 Å². The summed E-state index contributed by atoms with van der Waals surface area (Å²) in [4.78, 5) is 34.6. The molecule has 6 heteroatoms. The molecule has 0 fully saturated rings. The summed E-state index contributed by atoms with van der Waals surface area (Å²) in [6.45, 7) is 3.84. The van der Waals surface area contributed by atoms with Gasteiger partial charge in [-0.2, -0.15) is 0 Å². The van der Waals surface area contributed by atoms with Gasteiger partial charge in [0.25, 0.3) is 0 Å². The van der Waals surface area contributed by atoms with Gasteiger partial charge >= 0.3 is 5.97 Å². The molecule has 132 valence electrons. The van der Waals surface area contributed by atoms with Crippen LogP contribution in [0.5, 0.6) is 0 Å². The molecule has 0 aliphatic heterocycles. The van der Waals surface area contributed by atoms with Gasteiger partial charge in [-0.15, -0.1) is 0 Å². The molecule has 0 spiro atoms. The highest BCUT2D eigenvalue weighted by molar-refractivity contribution is 5.79. The summed E-state index contributed by atoms with van der Waals surface area (Å²) in [6.07, 6.45) is 1.31. The Bertz CT molecular complexity index is 543. The van der Waals surface area contributed by atoms with E-state index in [1.807, 2.05) is 44.2 Å². The maximum atomic E-state index is 11.8. The number of rotatable bonds is 10. The average Bonchev–Trinajstić information content (AvgIpc) is 2.51. The number of amides is 2. The Morgan fingerprint density at radius 1 is 1.04 bits per heavy atom. The first kappa shape index (κ1) is 19.7. The zero-order valence-electron chi connectivity index (χ0n) is 14.2. The van der Waals surface area contributed by atoms with Crippen LogP contribution >= 0.6 is 0 Å². The molecule has 3 N–H and O–H groups in total. The summed E-state index contributed by atoms with van der Waals surface area (Å²) in [7, 11) is 0. The maximum Gasteiger partial charge on any atom is 0.308 e. The Morgan fingerprint density at radius 2 is 1.67 bits per heavy atom. The SMILES string of the molecule is CC(C)NC(=O)CCCC(=O)NCC(Cc1ccccc1)C(=O)O. The standard InChI is InChI=1S/C18H26N2O4/c1-13(2)20-17(22)10-6-9-16(21)19-12-15(18(23)24)11-14-7-4-3-5-8-14/h3-5,7-8,13,15H,6,9-12H2,1-2H3,(H,19,21)(H,20,22)(H,23,24). The van der Waals surface area contributed by atoms with Crippen molar-refractivity contribution in [2.24, 2.45) is 5.92 Å². The molecule has 6 nitrogen and oxygen atoms in total. The van der Waals surface area contributed by atoms with E-state index in [0.29, 0.717) is 12.8 Å². The van der Waals surface area contributed by atoms with Gasteiger partial charge in [-0.25, -0.2) is 0 Å². The zero-order valence-corrected chi connectivity index (χ0v) is 14.2. The molecule has 1 rings (SSSR count). The Kier molecular flexibility index (Phi) is 8.54. The number of aliphatic carboxylic acids is 1. The summed E-state index contributed by atoms with van der Waals surface area (Å²) in [5, 5.41) is 14.7. The fourth-order valence-corrected chi connectivity index (χ4v) is 2.27. The first-order valence-corrected chi connectivity index (χ1v) is 8.21. The number of carbonyl (C=O) groups is 3. The molecular weight excluding hydrogens is 308 g/mol. The van der Waals surface area contributed by atoms with Crippen LogP contribution in [0.3, 0.4) is 0 Å². The van der Waals surface area contributed by atoms with E-state index in [0.717, 1.165) is 5.56 Å². The summed E-state index contributed by atoms with van der Waals surface area (Å²) < 4.78 is 0. The van der Waals surface area contributed by atoms with Crippen LogP contribution in [0, 0.1) is 5.92 Å². The minimum absolute atomic E-state index is 0.0784. The lowest BCUT2D eigenvalue weighted by Crippen LogP contribution is -2.34. The highest BCUT2D eigenvalue weighted by Gasteiger charge is 2.19. The third kappa shape index (κ3) is 8.31. The molecule has 0 saturated heterocycles. The van der Waals surface area contributed by atoms with E-state index in [-0.39, 0.29) is 37.2 Å². The van der Waals surface area contributed by atoms with Crippen molar-refractivity contribution in [1.82, 2.24) is 10.6 Å². The largest absolute Gasteiger partial charge is 0.481 e. The van der Waals surface area contributed by atoms with Crippen LogP contribution in [0.2, 0.25) is 0 Å². The smallest absolute Gasteiger partial charge is 0.308 e. The van der Waals surface area contributed by atoms with Crippen LogP contribution in [-0.4, -0.2) is 35.5 Å². The van der Waals surface area contributed by atoms with Gasteiger partial charge in [0.05, 0.1) is 5.92 Å². The molecule has 0 bridgehead atoms. The van der Waals surface area contributed by atoms with Gasteiger partial charge in [0.1, 0.15) is 0 Å². The Labute approximate surface area is 142 Å². The maximum absolute atomic E-state index is 11.8. The molecule has 0 radical (unpaired) electrons. The van der Waals surface area contributed by atoms with E-state index in [4.69, 9.17) is 0 Å². The first-order valence-electron chi connectivity index (χ1n) is 8.21. The summed E-state index contributed by atoms with van der Waals surface area (Å²) in [5.41, 5.74) is 0.921. The minimum atomic E-state index is -0.935. The lowest BCUT2D eigenvalue weighted by molar-refractivity contribution is -0.141. The number of nitrogens with one attached hydrogen (secondary N) is 2. The predicted octanol–water partition coefficient (Wildman–Crippen LogP) is 1.74. The molecule has 0 aliphatic carbocycles. The topological polar surface area (TPSA) is 95.5 Å². The number of hydrogen-bond acceptors (Lipinski definition) is 3. The van der Waals surface area contributed by atoms with Gasteiger partial charge in [-0.1, -0.05) is 30.3 Å². The zero-order chi connectivity index (χ0) is 17.9. The number of benzene rings is 1. The van der Waals surface area contributed by atoms with E-state index in [9.17, 15) is 19.5 Å². The van der Waals surface area contributed by atoms with Gasteiger partial charge in [-0.3, -0.25) is 14.4 Å². The van der Waals surface area contributed by atoms with Crippen LogP contribution in [0.25, 0.3) is 0 Å². The molecule has 24 heavy (non-hydrogen) atoms. The van der Waals surface area contributed by atoms with Gasteiger partial charge in [0.2, 0.25) is 11.8 Å². The Morgan fingerprint density at radius 3 is 2.25 bits per heavy atom. The van der Waals surface area contributed by atoms with Crippen molar-refractivity contribution in [3.05, 3.63) is 35.9 Å². The monoisotopic (exact) mass is 334 g/mol. The lowest BCUT2D eigenvalue weighted by atomic mass is 9.99. The fraction of sp³-hybridized carbons (Fsp3) is 0.500. The van der Waals surface area contributed by atoms with E-state index in [1.54, 1.807) is 0 Å². The van der Waals surface area contributed by atoms with E-state index >= 15 is 0 Å². The third-order valence-electron chi connectivity index (χ3n) is 3.48. The second kappa shape index (κ2) is 10.4. The van der Waals surface area contributed by atoms with E-state index in [1.165, 1.54) is 0 Å². The van der Waals surface area contributed by atoms with Crippen molar-refractivity contribution >= 4 is 17.8 Å². The quantitative estimate of drug-likeness (QED) is 0.607. The highest BCUT2D eigenvalue weighted by Crippen LogP contribution is 2.08. The van der Waals surface area contributed by atoms with Gasteiger partial charge < -0.3 is 15.7 Å². The first-order chi connectivity index (χ1) is 11.4. The molecule has 0 aromatic heterocycles. The molecule has 1 atom stereocenters. The van der Waals surface area contributed by atoms with Gasteiger partial charge in [0, 0.05) is 25.4 Å². The second-order valence-corrected chi connectivity index (χ2v) is 6.10. The fourth-order valence-electron chi connectivity index (χ4n) is 2.27. The third-order valence-corrected chi connectivity index (χ3v) is 3.48. The van der Waals surface area contributed by atoms with Crippen molar-refractivity contribution in [1.29, 1.82) is 0 Å². The van der Waals surface area contributed by atoms with E-state index < -0.39 is 11.9 Å². The summed E-state index contributed by atoms with van der Waals surface area (Å²) in [5.74, 6) is -1.91. The molecule has 1 aromatic rings. The molecule has 2 amide bonds. The van der Waals surface area contributed by atoms with Crippen molar-refractivity contribution in [3.8, 4) is 0 Å². The Hall–Kier alpha value is -2.37. The predicted molar refractivity (Wildman–Crippen MR) is 91.4 cm³/mol. The van der Waals surface area contributed by atoms with Gasteiger partial charge in [-0.05, 0) is 32.3 Å². The summed E-state index contributed by atoms with van der Waals surface area (Å²) >= 11 is 0. The molecule has 0 heterocycles. The molecular formula is C18H26N2O4. The number of carboxylic acid groups (broad SMARTS) is 1. The molecule has 0 aliphatic rings. The van der Waals surface area contributed by atoms with Crippen molar-refractivity contribution in [2.75, 3.05) is 6.54 Å². The number of hydrogen-bond donors (Lipinski definition) is 3. The minimum Gasteiger partial charge on any atom is -0.481 e. The van der Waals surface area contributed by atoms with Crippen LogP contribution in [0.4, 0.5) is 0 Å². The van der Waals surface area contributed by atoms with Crippen LogP contribution in [-0.2, 0) is 20.8 Å². The highest BCUT2D eigenvalue weighted by atomic mass is 16.4. The van der Waals surface area contributed by atoms with Crippen molar-refractivity contribution in [3.63, 3.8) is 0 Å². The van der Waals surface area contributed by atoms with Crippen LogP contribution < -0.4 is 10.6 Å². The van der Waals surface area contributed by atoms with Gasteiger partial charge in [0.15, 0.2) is 0 Å². The normalized spacial score (nSPS) is 11.8. The average molecular weight is 334 g/mol. The Balaban J connectivity index is 2.32. The molecule has 1 unspecified atom stereocenters. The molecule has 1 aromatic carbocycles. The lowest BCUT2D eigenvalue weighted by Gasteiger charge is -2.13. The van der Waals surface area contributed by atoms with E-state index in [2.05, 4.69) is 10.6 Å². The number of carboxylic acids is 1. The van der Waals surface area contributed by atoms with Crippen molar-refractivity contribution in [2.45, 2.75) is 45.6 Å².